The van der Waals surface area contributed by atoms with Gasteiger partial charge in [-0.2, -0.15) is 4.36 Å². The fraction of sp³-hybridized carbons (Fsp3) is 0.412. The van der Waals surface area contributed by atoms with E-state index in [2.05, 4.69) is 26.9 Å². The molecule has 134 valence electrons. The van der Waals surface area contributed by atoms with Crippen molar-refractivity contribution in [2.24, 2.45) is 10.3 Å². The van der Waals surface area contributed by atoms with Gasteiger partial charge in [-0.05, 0) is 37.1 Å². The first-order valence-electron chi connectivity index (χ1n) is 8.05. The molecule has 0 spiro atoms. The molecule has 1 aromatic rings. The SMILES string of the molecule is C=CC(=O)N1CCCC(C(=O)N=S2(=O)CCOc3ccc(Br)cc32)C1. The van der Waals surface area contributed by atoms with Crippen molar-refractivity contribution in [2.45, 2.75) is 17.7 Å². The van der Waals surface area contributed by atoms with Gasteiger partial charge in [0.25, 0.3) is 5.91 Å². The number of halogens is 1. The van der Waals surface area contributed by atoms with Crippen LogP contribution in [0.5, 0.6) is 5.75 Å². The Balaban J connectivity index is 1.89. The van der Waals surface area contributed by atoms with Gasteiger partial charge in [0.1, 0.15) is 12.4 Å². The Kier molecular flexibility index (Phi) is 5.29. The lowest BCUT2D eigenvalue weighted by Crippen LogP contribution is -2.41. The van der Waals surface area contributed by atoms with E-state index in [0.717, 1.165) is 10.9 Å². The van der Waals surface area contributed by atoms with Crippen molar-refractivity contribution in [2.75, 3.05) is 25.4 Å². The first-order valence-corrected chi connectivity index (χ1v) is 10.5. The maximum Gasteiger partial charge on any atom is 0.258 e. The zero-order chi connectivity index (χ0) is 18.0. The number of rotatable bonds is 2. The molecule has 0 aliphatic carbocycles. The summed E-state index contributed by atoms with van der Waals surface area (Å²) >= 11 is 3.36. The Morgan fingerprint density at radius 3 is 3.00 bits per heavy atom. The van der Waals surface area contributed by atoms with Crippen LogP contribution in [0.15, 0.2) is 44.6 Å². The highest BCUT2D eigenvalue weighted by Gasteiger charge is 2.31. The van der Waals surface area contributed by atoms with Gasteiger partial charge in [-0.3, -0.25) is 9.59 Å². The third kappa shape index (κ3) is 3.79. The summed E-state index contributed by atoms with van der Waals surface area (Å²) in [5.41, 5.74) is 0. The summed E-state index contributed by atoms with van der Waals surface area (Å²) in [5.74, 6) is -0.330. The van der Waals surface area contributed by atoms with Gasteiger partial charge in [0.2, 0.25) is 5.91 Å². The van der Waals surface area contributed by atoms with Gasteiger partial charge in [0, 0.05) is 17.6 Å². The number of carbonyl (C=O) groups excluding carboxylic acids is 2. The second kappa shape index (κ2) is 7.29. The van der Waals surface area contributed by atoms with Gasteiger partial charge in [0.05, 0.1) is 26.3 Å². The second-order valence-electron chi connectivity index (χ2n) is 6.04. The molecule has 2 amide bonds. The van der Waals surface area contributed by atoms with E-state index in [0.29, 0.717) is 30.2 Å². The molecule has 0 bridgehead atoms. The largest absolute Gasteiger partial charge is 0.491 e. The molecule has 2 aliphatic heterocycles. The van der Waals surface area contributed by atoms with Gasteiger partial charge in [-0.15, -0.1) is 0 Å². The van der Waals surface area contributed by atoms with Crippen molar-refractivity contribution in [3.8, 4) is 5.75 Å². The predicted octanol–water partition coefficient (Wildman–Crippen LogP) is 2.62. The number of likely N-dealkylation sites (tertiary alicyclic amines) is 1. The standard InChI is InChI=1S/C17H19BrN2O4S/c1-2-16(21)20-7-3-4-12(11-20)17(22)19-25(23)9-8-24-14-6-5-13(18)10-15(14)25/h2,5-6,10,12H,1,3-4,7-9,11H2. The third-order valence-electron chi connectivity index (χ3n) is 4.36. The summed E-state index contributed by atoms with van der Waals surface area (Å²) in [6.07, 6.45) is 2.61. The molecule has 2 heterocycles. The number of fused-ring (bicyclic) bond motifs is 1. The minimum absolute atomic E-state index is 0.185. The van der Waals surface area contributed by atoms with Crippen LogP contribution in [-0.2, 0) is 19.3 Å². The molecule has 0 N–H and O–H groups in total. The van der Waals surface area contributed by atoms with E-state index in [-0.39, 0.29) is 18.3 Å². The molecule has 0 aromatic heterocycles. The van der Waals surface area contributed by atoms with E-state index in [1.165, 1.54) is 6.08 Å². The van der Waals surface area contributed by atoms with E-state index in [4.69, 9.17) is 4.74 Å². The minimum atomic E-state index is -2.87. The Bertz CT molecular complexity index is 845. The molecule has 2 unspecified atom stereocenters. The predicted molar refractivity (Wildman–Crippen MR) is 97.8 cm³/mol. The minimum Gasteiger partial charge on any atom is -0.491 e. The van der Waals surface area contributed by atoms with Crippen LogP contribution in [0.2, 0.25) is 0 Å². The zero-order valence-electron chi connectivity index (χ0n) is 13.7. The Morgan fingerprint density at radius 1 is 1.44 bits per heavy atom. The van der Waals surface area contributed by atoms with Crippen LogP contribution in [0.1, 0.15) is 12.8 Å². The van der Waals surface area contributed by atoms with Crippen molar-refractivity contribution >= 4 is 37.5 Å². The molecule has 1 saturated heterocycles. The molecule has 2 aliphatic rings. The highest BCUT2D eigenvalue weighted by atomic mass is 79.9. The lowest BCUT2D eigenvalue weighted by molar-refractivity contribution is -0.130. The Morgan fingerprint density at radius 2 is 2.24 bits per heavy atom. The molecule has 1 fully saturated rings. The van der Waals surface area contributed by atoms with Crippen LogP contribution in [-0.4, -0.2) is 46.4 Å². The summed E-state index contributed by atoms with van der Waals surface area (Å²) in [6, 6.07) is 5.22. The zero-order valence-corrected chi connectivity index (χ0v) is 16.1. The molecule has 0 radical (unpaired) electrons. The van der Waals surface area contributed by atoms with E-state index in [9.17, 15) is 13.8 Å². The fourth-order valence-electron chi connectivity index (χ4n) is 3.05. The van der Waals surface area contributed by atoms with Gasteiger partial charge in [-0.25, -0.2) is 4.21 Å². The number of hydrogen-bond donors (Lipinski definition) is 0. The average Bonchev–Trinajstić information content (AvgIpc) is 2.62. The van der Waals surface area contributed by atoms with Crippen molar-refractivity contribution in [3.05, 3.63) is 35.3 Å². The van der Waals surface area contributed by atoms with E-state index in [1.54, 1.807) is 23.1 Å². The van der Waals surface area contributed by atoms with Gasteiger partial charge >= 0.3 is 0 Å². The topological polar surface area (TPSA) is 76.0 Å². The smallest absolute Gasteiger partial charge is 0.258 e. The molecular formula is C17H19BrN2O4S. The normalized spacial score (nSPS) is 25.5. The second-order valence-corrected chi connectivity index (χ2v) is 9.27. The number of hydrogen-bond acceptors (Lipinski definition) is 4. The van der Waals surface area contributed by atoms with Crippen molar-refractivity contribution in [1.82, 2.24) is 4.90 Å². The van der Waals surface area contributed by atoms with Gasteiger partial charge in [-0.1, -0.05) is 22.5 Å². The van der Waals surface area contributed by atoms with Crippen LogP contribution >= 0.6 is 15.9 Å². The average molecular weight is 427 g/mol. The number of ether oxygens (including phenoxy) is 1. The highest BCUT2D eigenvalue weighted by Crippen LogP contribution is 2.33. The molecule has 3 rings (SSSR count). The molecule has 0 saturated carbocycles. The van der Waals surface area contributed by atoms with Crippen LogP contribution < -0.4 is 4.74 Å². The lowest BCUT2D eigenvalue weighted by Gasteiger charge is -2.30. The number of benzene rings is 1. The summed E-state index contributed by atoms with van der Waals surface area (Å²) < 4.78 is 23.7. The number of piperidine rings is 1. The number of nitrogens with zero attached hydrogens (tertiary/aromatic N) is 2. The van der Waals surface area contributed by atoms with Gasteiger partial charge < -0.3 is 9.64 Å². The molecular weight excluding hydrogens is 408 g/mol. The van der Waals surface area contributed by atoms with Crippen LogP contribution in [0, 0.1) is 5.92 Å². The quantitative estimate of drug-likeness (QED) is 0.680. The van der Waals surface area contributed by atoms with E-state index in [1.807, 2.05) is 0 Å². The summed E-state index contributed by atoms with van der Waals surface area (Å²) in [4.78, 5) is 26.5. The fourth-order valence-corrected chi connectivity index (χ4v) is 5.47. The Labute approximate surface area is 155 Å². The Hall–Kier alpha value is -1.67. The molecule has 8 heteroatoms. The summed E-state index contributed by atoms with van der Waals surface area (Å²) in [7, 11) is -2.87. The monoisotopic (exact) mass is 426 g/mol. The van der Waals surface area contributed by atoms with Gasteiger partial charge in [0.15, 0.2) is 0 Å². The molecule has 6 nitrogen and oxygen atoms in total. The maximum absolute atomic E-state index is 13.3. The molecule has 2 atom stereocenters. The van der Waals surface area contributed by atoms with E-state index >= 15 is 0 Å². The maximum atomic E-state index is 13.3. The third-order valence-corrected chi connectivity index (χ3v) is 7.06. The van der Waals surface area contributed by atoms with Crippen LogP contribution in [0.4, 0.5) is 0 Å². The number of carbonyl (C=O) groups is 2. The molecule has 25 heavy (non-hydrogen) atoms. The van der Waals surface area contributed by atoms with E-state index < -0.39 is 21.6 Å². The van der Waals surface area contributed by atoms with Crippen molar-refractivity contribution in [3.63, 3.8) is 0 Å². The first-order chi connectivity index (χ1) is 11.9. The lowest BCUT2D eigenvalue weighted by atomic mass is 9.97. The van der Waals surface area contributed by atoms with Crippen molar-refractivity contribution in [1.29, 1.82) is 0 Å². The van der Waals surface area contributed by atoms with Crippen LogP contribution in [0.25, 0.3) is 0 Å². The summed E-state index contributed by atoms with van der Waals surface area (Å²) in [6.45, 7) is 4.64. The number of amides is 2. The highest BCUT2D eigenvalue weighted by molar-refractivity contribution is 9.10. The van der Waals surface area contributed by atoms with Crippen molar-refractivity contribution < 1.29 is 18.5 Å². The summed E-state index contributed by atoms with van der Waals surface area (Å²) in [5, 5.41) is 0. The van der Waals surface area contributed by atoms with Crippen LogP contribution in [0.3, 0.4) is 0 Å². The first kappa shape index (κ1) is 18.1. The molecule has 1 aromatic carbocycles.